The maximum absolute atomic E-state index is 5.75. The van der Waals surface area contributed by atoms with Gasteiger partial charge in [0.15, 0.2) is 5.82 Å². The number of aryl methyl sites for hydroxylation is 1. The third-order valence-electron chi connectivity index (χ3n) is 3.98. The fourth-order valence-electron chi connectivity index (χ4n) is 2.82. The number of aromatic nitrogens is 2. The van der Waals surface area contributed by atoms with Crippen LogP contribution in [0.1, 0.15) is 51.2 Å². The van der Waals surface area contributed by atoms with E-state index in [0.29, 0.717) is 6.61 Å². The second-order valence-electron chi connectivity index (χ2n) is 6.03. The number of fused-ring (bicyclic) bond motifs is 1. The van der Waals surface area contributed by atoms with Gasteiger partial charge >= 0.3 is 0 Å². The van der Waals surface area contributed by atoms with E-state index in [0.717, 1.165) is 37.7 Å². The minimum absolute atomic E-state index is 0.398. The molecule has 1 aliphatic rings. The topological polar surface area (TPSA) is 47.0 Å². The predicted molar refractivity (Wildman–Crippen MR) is 80.7 cm³/mol. The van der Waals surface area contributed by atoms with Gasteiger partial charge in [0, 0.05) is 18.5 Å². The molecule has 20 heavy (non-hydrogen) atoms. The van der Waals surface area contributed by atoms with E-state index in [2.05, 4.69) is 17.2 Å². The maximum Gasteiger partial charge on any atom is 0.159 e. The van der Waals surface area contributed by atoms with E-state index in [9.17, 15) is 0 Å². The van der Waals surface area contributed by atoms with Crippen LogP contribution in [-0.2, 0) is 23.2 Å². The molecule has 1 N–H and O–H groups in total. The SMILES string of the molecule is CCNCC1CCc2nc(C(C)(C)OCC)ncc2C1. The summed E-state index contributed by atoms with van der Waals surface area (Å²) in [4.78, 5) is 9.30. The van der Waals surface area contributed by atoms with Crippen molar-refractivity contribution in [3.8, 4) is 0 Å². The van der Waals surface area contributed by atoms with Crippen molar-refractivity contribution in [3.05, 3.63) is 23.3 Å². The average molecular weight is 277 g/mol. The molecule has 0 amide bonds. The zero-order chi connectivity index (χ0) is 14.6. The Balaban J connectivity index is 2.10. The Hall–Kier alpha value is -1.00. The largest absolute Gasteiger partial charge is 0.368 e. The molecule has 112 valence electrons. The van der Waals surface area contributed by atoms with Crippen LogP contribution in [0.2, 0.25) is 0 Å². The first-order valence-electron chi connectivity index (χ1n) is 7.76. The summed E-state index contributed by atoms with van der Waals surface area (Å²) < 4.78 is 5.75. The zero-order valence-corrected chi connectivity index (χ0v) is 13.2. The number of hydrogen-bond acceptors (Lipinski definition) is 4. The molecular formula is C16H27N3O. The van der Waals surface area contributed by atoms with Gasteiger partial charge in [-0.25, -0.2) is 9.97 Å². The van der Waals surface area contributed by atoms with Gasteiger partial charge in [0.2, 0.25) is 0 Å². The van der Waals surface area contributed by atoms with Gasteiger partial charge in [-0.15, -0.1) is 0 Å². The lowest BCUT2D eigenvalue weighted by Crippen LogP contribution is -2.30. The Morgan fingerprint density at radius 2 is 2.20 bits per heavy atom. The second kappa shape index (κ2) is 6.64. The quantitative estimate of drug-likeness (QED) is 0.867. The van der Waals surface area contributed by atoms with Gasteiger partial charge in [-0.3, -0.25) is 0 Å². The van der Waals surface area contributed by atoms with Crippen molar-refractivity contribution in [1.82, 2.24) is 15.3 Å². The maximum atomic E-state index is 5.75. The summed E-state index contributed by atoms with van der Waals surface area (Å²) in [7, 11) is 0. The third-order valence-corrected chi connectivity index (χ3v) is 3.98. The van der Waals surface area contributed by atoms with E-state index in [1.54, 1.807) is 0 Å². The van der Waals surface area contributed by atoms with Crippen molar-refractivity contribution >= 4 is 0 Å². The highest BCUT2D eigenvalue weighted by Gasteiger charge is 2.27. The summed E-state index contributed by atoms with van der Waals surface area (Å²) in [5, 5.41) is 3.44. The molecule has 2 rings (SSSR count). The molecule has 1 aromatic heterocycles. The van der Waals surface area contributed by atoms with Crippen LogP contribution in [0.25, 0.3) is 0 Å². The van der Waals surface area contributed by atoms with Crippen molar-refractivity contribution in [2.45, 2.75) is 52.6 Å². The molecule has 4 heteroatoms. The van der Waals surface area contributed by atoms with Crippen LogP contribution in [0.4, 0.5) is 0 Å². The van der Waals surface area contributed by atoms with Gasteiger partial charge in [-0.2, -0.15) is 0 Å². The minimum Gasteiger partial charge on any atom is -0.368 e. The van der Waals surface area contributed by atoms with Crippen molar-refractivity contribution in [1.29, 1.82) is 0 Å². The molecule has 1 unspecified atom stereocenters. The van der Waals surface area contributed by atoms with Gasteiger partial charge in [0.05, 0.1) is 0 Å². The Kier molecular flexibility index (Phi) is 5.11. The molecule has 0 fully saturated rings. The van der Waals surface area contributed by atoms with Gasteiger partial charge < -0.3 is 10.1 Å². The molecule has 0 radical (unpaired) electrons. The van der Waals surface area contributed by atoms with Crippen molar-refractivity contribution in [2.75, 3.05) is 19.7 Å². The van der Waals surface area contributed by atoms with Crippen molar-refractivity contribution < 1.29 is 4.74 Å². The molecule has 1 atom stereocenters. The zero-order valence-electron chi connectivity index (χ0n) is 13.2. The lowest BCUT2D eigenvalue weighted by atomic mass is 9.87. The van der Waals surface area contributed by atoms with E-state index >= 15 is 0 Å². The fourth-order valence-corrected chi connectivity index (χ4v) is 2.82. The highest BCUT2D eigenvalue weighted by molar-refractivity contribution is 5.22. The molecule has 0 saturated carbocycles. The van der Waals surface area contributed by atoms with Crippen LogP contribution in [0.3, 0.4) is 0 Å². The average Bonchev–Trinajstić information content (AvgIpc) is 2.44. The molecule has 1 aliphatic carbocycles. The monoisotopic (exact) mass is 277 g/mol. The molecular weight excluding hydrogens is 250 g/mol. The third kappa shape index (κ3) is 3.55. The lowest BCUT2D eigenvalue weighted by Gasteiger charge is -2.27. The van der Waals surface area contributed by atoms with E-state index in [-0.39, 0.29) is 0 Å². The highest BCUT2D eigenvalue weighted by atomic mass is 16.5. The molecule has 0 saturated heterocycles. The summed E-state index contributed by atoms with van der Waals surface area (Å²) in [6.07, 6.45) is 5.38. The Labute approximate surface area is 122 Å². The molecule has 0 spiro atoms. The van der Waals surface area contributed by atoms with Crippen molar-refractivity contribution in [3.63, 3.8) is 0 Å². The van der Waals surface area contributed by atoms with Crippen LogP contribution in [0.15, 0.2) is 6.20 Å². The van der Waals surface area contributed by atoms with E-state index < -0.39 is 5.60 Å². The van der Waals surface area contributed by atoms with E-state index in [4.69, 9.17) is 9.72 Å². The van der Waals surface area contributed by atoms with Gasteiger partial charge in [-0.05, 0) is 64.6 Å². The van der Waals surface area contributed by atoms with Crippen molar-refractivity contribution in [2.24, 2.45) is 5.92 Å². The molecule has 0 aliphatic heterocycles. The molecule has 1 heterocycles. The Morgan fingerprint density at radius 1 is 1.40 bits per heavy atom. The summed E-state index contributed by atoms with van der Waals surface area (Å²) in [5.74, 6) is 1.53. The van der Waals surface area contributed by atoms with Crippen LogP contribution in [0.5, 0.6) is 0 Å². The summed E-state index contributed by atoms with van der Waals surface area (Å²) >= 11 is 0. The highest BCUT2D eigenvalue weighted by Crippen LogP contribution is 2.27. The standard InChI is InChI=1S/C16H27N3O/c1-5-17-10-12-7-8-14-13(9-12)11-18-15(19-14)16(3,4)20-6-2/h11-12,17H,5-10H2,1-4H3. The van der Waals surface area contributed by atoms with Gasteiger partial charge in [-0.1, -0.05) is 6.92 Å². The normalized spacial score (nSPS) is 18.9. The number of rotatable bonds is 6. The van der Waals surface area contributed by atoms with E-state index in [1.807, 2.05) is 27.0 Å². The first kappa shape index (κ1) is 15.4. The smallest absolute Gasteiger partial charge is 0.159 e. The molecule has 0 aromatic carbocycles. The minimum atomic E-state index is -0.398. The summed E-state index contributed by atoms with van der Waals surface area (Å²) in [6.45, 7) is 11.1. The Morgan fingerprint density at radius 3 is 2.90 bits per heavy atom. The van der Waals surface area contributed by atoms with Crippen LogP contribution < -0.4 is 5.32 Å². The lowest BCUT2D eigenvalue weighted by molar-refractivity contribution is -0.0210. The van der Waals surface area contributed by atoms with Crippen LogP contribution in [-0.4, -0.2) is 29.7 Å². The number of nitrogens with one attached hydrogen (secondary N) is 1. The Bertz CT molecular complexity index is 445. The predicted octanol–water partition coefficient (Wildman–Crippen LogP) is 2.46. The first-order chi connectivity index (χ1) is 9.56. The summed E-state index contributed by atoms with van der Waals surface area (Å²) in [6, 6.07) is 0. The summed E-state index contributed by atoms with van der Waals surface area (Å²) in [5.41, 5.74) is 2.13. The van der Waals surface area contributed by atoms with E-state index in [1.165, 1.54) is 17.7 Å². The second-order valence-corrected chi connectivity index (χ2v) is 6.03. The van der Waals surface area contributed by atoms with Gasteiger partial charge in [0.1, 0.15) is 5.60 Å². The molecule has 4 nitrogen and oxygen atoms in total. The number of ether oxygens (including phenoxy) is 1. The van der Waals surface area contributed by atoms with Crippen LogP contribution >= 0.6 is 0 Å². The fraction of sp³-hybridized carbons (Fsp3) is 0.750. The van der Waals surface area contributed by atoms with Gasteiger partial charge in [0.25, 0.3) is 0 Å². The first-order valence-corrected chi connectivity index (χ1v) is 7.76. The van der Waals surface area contributed by atoms with Crippen LogP contribution in [0, 0.1) is 5.92 Å². The molecule has 1 aromatic rings. The number of nitrogens with zero attached hydrogens (tertiary/aromatic N) is 2. The number of hydrogen-bond donors (Lipinski definition) is 1. The molecule has 0 bridgehead atoms.